The Morgan fingerprint density at radius 1 is 1.29 bits per heavy atom. The van der Waals surface area contributed by atoms with Gasteiger partial charge >= 0.3 is 0 Å². The molecular weight excluding hydrogens is 276 g/mol. The van der Waals surface area contributed by atoms with E-state index < -0.39 is 0 Å². The molecule has 0 atom stereocenters. The van der Waals surface area contributed by atoms with Crippen molar-refractivity contribution in [2.24, 2.45) is 4.99 Å². The van der Waals surface area contributed by atoms with Gasteiger partial charge in [-0.1, -0.05) is 11.6 Å². The average molecular weight is 287 g/mol. The molecule has 6 heteroatoms. The molecular formula is C11H11ClN2OS2. The topological polar surface area (TPSA) is 34.5 Å². The normalized spacial score (nSPS) is 11.9. The van der Waals surface area contributed by atoms with Gasteiger partial charge in [-0.15, -0.1) is 0 Å². The summed E-state index contributed by atoms with van der Waals surface area (Å²) in [5.74, 6) is 0.905. The quantitative estimate of drug-likeness (QED) is 0.789. The zero-order valence-corrected chi connectivity index (χ0v) is 12.0. The van der Waals surface area contributed by atoms with Crippen LogP contribution in [0, 0.1) is 13.8 Å². The maximum Gasteiger partial charge on any atom is 0.179 e. The Morgan fingerprint density at radius 2 is 1.94 bits per heavy atom. The zero-order valence-electron chi connectivity index (χ0n) is 9.65. The fourth-order valence-electron chi connectivity index (χ4n) is 1.66. The van der Waals surface area contributed by atoms with Crippen molar-refractivity contribution in [1.29, 1.82) is 0 Å². The first kappa shape index (κ1) is 12.5. The molecule has 1 aromatic carbocycles. The molecule has 0 aliphatic carbocycles. The first-order valence-electron chi connectivity index (χ1n) is 4.93. The van der Waals surface area contributed by atoms with E-state index in [1.165, 1.54) is 20.9 Å². The number of aryl methyl sites for hydroxylation is 2. The Bertz CT molecular complexity index is 581. The largest absolute Gasteiger partial charge is 0.496 e. The lowest BCUT2D eigenvalue weighted by molar-refractivity contribution is 0.408. The van der Waals surface area contributed by atoms with Gasteiger partial charge in [0.2, 0.25) is 0 Å². The van der Waals surface area contributed by atoms with Crippen LogP contribution in [0.1, 0.15) is 11.1 Å². The highest BCUT2D eigenvalue weighted by atomic mass is 35.5. The van der Waals surface area contributed by atoms with Crippen LogP contribution in [0.5, 0.6) is 5.75 Å². The summed E-state index contributed by atoms with van der Waals surface area (Å²) < 4.78 is 10.1. The fraction of sp³-hybridized carbons (Fsp3) is 0.273. The predicted molar refractivity (Wildman–Crippen MR) is 72.7 cm³/mol. The summed E-state index contributed by atoms with van der Waals surface area (Å²) in [6.07, 6.45) is 0. The van der Waals surface area contributed by atoms with Crippen molar-refractivity contribution in [1.82, 2.24) is 4.37 Å². The van der Waals surface area contributed by atoms with Gasteiger partial charge in [-0.05, 0) is 47.4 Å². The molecule has 90 valence electrons. The van der Waals surface area contributed by atoms with Crippen molar-refractivity contribution in [3.05, 3.63) is 33.1 Å². The van der Waals surface area contributed by atoms with E-state index in [-0.39, 0.29) is 0 Å². The van der Waals surface area contributed by atoms with Crippen molar-refractivity contribution in [3.8, 4) is 5.75 Å². The second kappa shape index (κ2) is 5.16. The minimum absolute atomic E-state index is 0.464. The minimum atomic E-state index is 0.464. The van der Waals surface area contributed by atoms with Gasteiger partial charge in [0.05, 0.1) is 12.8 Å². The van der Waals surface area contributed by atoms with E-state index in [9.17, 15) is 0 Å². The van der Waals surface area contributed by atoms with Crippen LogP contribution in [-0.4, -0.2) is 11.5 Å². The molecule has 0 N–H and O–H groups in total. The third-order valence-electron chi connectivity index (χ3n) is 2.29. The van der Waals surface area contributed by atoms with Crippen molar-refractivity contribution in [2.45, 2.75) is 13.8 Å². The Labute approximate surface area is 112 Å². The van der Waals surface area contributed by atoms with Crippen LogP contribution >= 0.6 is 32.5 Å². The van der Waals surface area contributed by atoms with E-state index in [4.69, 9.17) is 16.3 Å². The molecule has 0 saturated heterocycles. The van der Waals surface area contributed by atoms with E-state index in [2.05, 4.69) is 9.37 Å². The van der Waals surface area contributed by atoms with E-state index in [1.54, 1.807) is 7.11 Å². The van der Waals surface area contributed by atoms with Crippen LogP contribution in [0.25, 0.3) is 0 Å². The van der Waals surface area contributed by atoms with Gasteiger partial charge in [0.15, 0.2) is 9.82 Å². The minimum Gasteiger partial charge on any atom is -0.496 e. The van der Waals surface area contributed by atoms with E-state index >= 15 is 0 Å². The number of methoxy groups -OCH3 is 1. The Kier molecular flexibility index (Phi) is 3.81. The summed E-state index contributed by atoms with van der Waals surface area (Å²) in [6.45, 7) is 4.00. The maximum atomic E-state index is 5.92. The van der Waals surface area contributed by atoms with Gasteiger partial charge < -0.3 is 4.74 Å². The molecule has 0 bridgehead atoms. The van der Waals surface area contributed by atoms with Crippen LogP contribution in [0.15, 0.2) is 17.1 Å². The van der Waals surface area contributed by atoms with Crippen LogP contribution in [0.4, 0.5) is 5.69 Å². The standard InChI is InChI=1S/C11H11ClN2OS2/c1-6-4-8(5-7(2)9(6)15-3)13-11-10(12)14-17-16-11/h4-5H,1-3H3/b13-11-. The summed E-state index contributed by atoms with van der Waals surface area (Å²) in [5.41, 5.74) is 3.00. The molecule has 3 nitrogen and oxygen atoms in total. The Morgan fingerprint density at radius 3 is 2.41 bits per heavy atom. The molecule has 0 radical (unpaired) electrons. The highest BCUT2D eigenvalue weighted by molar-refractivity contribution is 7.66. The second-order valence-corrected chi connectivity index (χ2v) is 5.76. The van der Waals surface area contributed by atoms with Crippen LogP contribution in [0.2, 0.25) is 5.15 Å². The zero-order chi connectivity index (χ0) is 12.4. The monoisotopic (exact) mass is 286 g/mol. The van der Waals surface area contributed by atoms with E-state index in [1.807, 2.05) is 26.0 Å². The molecule has 0 aliphatic rings. The molecule has 0 unspecified atom stereocenters. The van der Waals surface area contributed by atoms with E-state index in [0.29, 0.717) is 5.15 Å². The number of hydrogen-bond donors (Lipinski definition) is 0. The summed E-state index contributed by atoms with van der Waals surface area (Å²) in [6, 6.07) is 3.96. The number of aromatic nitrogens is 1. The number of halogens is 1. The van der Waals surface area contributed by atoms with Crippen molar-refractivity contribution in [2.75, 3.05) is 7.11 Å². The molecule has 1 aromatic heterocycles. The predicted octanol–water partition coefficient (Wildman–Crippen LogP) is 3.72. The lowest BCUT2D eigenvalue weighted by atomic mass is 10.1. The van der Waals surface area contributed by atoms with Crippen molar-refractivity contribution >= 4 is 38.2 Å². The first-order chi connectivity index (χ1) is 8.11. The molecule has 0 saturated carbocycles. The lowest BCUT2D eigenvalue weighted by Gasteiger charge is -2.08. The van der Waals surface area contributed by atoms with Crippen LogP contribution in [0.3, 0.4) is 0 Å². The average Bonchev–Trinajstić information content (AvgIpc) is 2.64. The van der Waals surface area contributed by atoms with E-state index in [0.717, 1.165) is 27.2 Å². The molecule has 1 heterocycles. The Hall–Kier alpha value is -0.910. The summed E-state index contributed by atoms with van der Waals surface area (Å²) in [5, 5.41) is 0.464. The molecule has 2 rings (SSSR count). The maximum absolute atomic E-state index is 5.92. The number of ether oxygens (including phenoxy) is 1. The van der Waals surface area contributed by atoms with Gasteiger partial charge in [-0.25, -0.2) is 4.99 Å². The molecule has 0 aliphatic heterocycles. The first-order valence-corrected chi connectivity index (χ1v) is 7.41. The number of nitrogens with zero attached hydrogens (tertiary/aromatic N) is 2. The second-order valence-electron chi connectivity index (χ2n) is 3.57. The van der Waals surface area contributed by atoms with Crippen LogP contribution in [-0.2, 0) is 0 Å². The summed E-state index contributed by atoms with van der Waals surface area (Å²) >= 11 is 5.92. The highest BCUT2D eigenvalue weighted by Gasteiger charge is 2.05. The number of benzene rings is 1. The van der Waals surface area contributed by atoms with Gasteiger partial charge in [0.25, 0.3) is 0 Å². The lowest BCUT2D eigenvalue weighted by Crippen LogP contribution is -1.94. The summed E-state index contributed by atoms with van der Waals surface area (Å²) in [7, 11) is 4.48. The molecule has 17 heavy (non-hydrogen) atoms. The van der Waals surface area contributed by atoms with Gasteiger partial charge in [-0.2, -0.15) is 4.37 Å². The molecule has 2 aromatic rings. The summed E-state index contributed by atoms with van der Waals surface area (Å²) in [4.78, 5) is 4.48. The Balaban J connectivity index is 2.53. The van der Waals surface area contributed by atoms with Crippen molar-refractivity contribution < 1.29 is 4.74 Å². The third kappa shape index (κ3) is 2.68. The SMILES string of the molecule is COc1c(C)cc(/N=c2\ssnc2Cl)cc1C. The molecule has 0 amide bonds. The molecule has 0 fully saturated rings. The number of hydrogen-bond acceptors (Lipinski definition) is 5. The fourth-order valence-corrected chi connectivity index (χ4v) is 3.65. The van der Waals surface area contributed by atoms with Crippen molar-refractivity contribution in [3.63, 3.8) is 0 Å². The van der Waals surface area contributed by atoms with Gasteiger partial charge in [0.1, 0.15) is 5.75 Å². The molecule has 0 spiro atoms. The van der Waals surface area contributed by atoms with Crippen LogP contribution < -0.4 is 9.41 Å². The smallest absolute Gasteiger partial charge is 0.179 e. The highest BCUT2D eigenvalue weighted by Crippen LogP contribution is 2.28. The third-order valence-corrected chi connectivity index (χ3v) is 4.46. The number of rotatable bonds is 2. The van der Waals surface area contributed by atoms with Gasteiger partial charge in [-0.3, -0.25) is 0 Å². The van der Waals surface area contributed by atoms with Gasteiger partial charge in [0, 0.05) is 10.5 Å².